The Bertz CT molecular complexity index is 1110. The van der Waals surface area contributed by atoms with Crippen LogP contribution in [0.15, 0.2) is 54.7 Å². The van der Waals surface area contributed by atoms with Crippen LogP contribution in [0.4, 0.5) is 0 Å². The summed E-state index contributed by atoms with van der Waals surface area (Å²) in [4.78, 5) is 9.21. The summed E-state index contributed by atoms with van der Waals surface area (Å²) in [6.07, 6.45) is 4.22. The predicted octanol–water partition coefficient (Wildman–Crippen LogP) is 3.22. The molecule has 3 aromatic rings. The van der Waals surface area contributed by atoms with Crippen LogP contribution in [0, 0.1) is 11.3 Å². The SMILES string of the molecule is CN(C)SCc1ccc(Cc2nccc(-c3ccc(OC4CCOCC4)c(C#N)c3)n2)cc1.O.O. The highest BCUT2D eigenvalue weighted by atomic mass is 32.2. The summed E-state index contributed by atoms with van der Waals surface area (Å²) >= 11 is 1.78. The van der Waals surface area contributed by atoms with Crippen LogP contribution >= 0.6 is 11.9 Å². The van der Waals surface area contributed by atoms with Gasteiger partial charge in [-0.1, -0.05) is 36.2 Å². The summed E-state index contributed by atoms with van der Waals surface area (Å²) in [5.74, 6) is 2.33. The maximum atomic E-state index is 9.67. The molecule has 35 heavy (non-hydrogen) atoms. The van der Waals surface area contributed by atoms with Crippen molar-refractivity contribution in [3.05, 3.63) is 77.2 Å². The Labute approximate surface area is 210 Å². The molecule has 0 aliphatic carbocycles. The minimum absolute atomic E-state index is 0. The van der Waals surface area contributed by atoms with E-state index in [9.17, 15) is 5.26 Å². The fourth-order valence-corrected chi connectivity index (χ4v) is 4.24. The molecule has 8 nitrogen and oxygen atoms in total. The fourth-order valence-electron chi connectivity index (χ4n) is 3.64. The third-order valence-electron chi connectivity index (χ3n) is 5.44. The molecule has 0 saturated carbocycles. The summed E-state index contributed by atoms with van der Waals surface area (Å²) in [6, 6.07) is 18.4. The number of hydrogen-bond acceptors (Lipinski definition) is 7. The van der Waals surface area contributed by atoms with Gasteiger partial charge in [-0.2, -0.15) is 5.26 Å². The highest BCUT2D eigenvalue weighted by Gasteiger charge is 2.17. The molecular weight excluding hydrogens is 464 g/mol. The molecule has 2 heterocycles. The number of ether oxygens (including phenoxy) is 2. The minimum atomic E-state index is 0. The van der Waals surface area contributed by atoms with Crippen molar-refractivity contribution in [2.24, 2.45) is 0 Å². The van der Waals surface area contributed by atoms with Crippen molar-refractivity contribution in [2.45, 2.75) is 31.1 Å². The Hall–Kier alpha value is -3.00. The lowest BCUT2D eigenvalue weighted by Crippen LogP contribution is -2.26. The summed E-state index contributed by atoms with van der Waals surface area (Å²) in [5, 5.41) is 9.67. The van der Waals surface area contributed by atoms with Crippen LogP contribution in [0.25, 0.3) is 11.3 Å². The molecule has 9 heteroatoms. The van der Waals surface area contributed by atoms with Gasteiger partial charge in [-0.3, -0.25) is 4.31 Å². The molecule has 0 unspecified atom stereocenters. The second kappa shape index (κ2) is 13.8. The van der Waals surface area contributed by atoms with Gasteiger partial charge in [-0.15, -0.1) is 0 Å². The Morgan fingerprint density at radius 1 is 1.06 bits per heavy atom. The zero-order chi connectivity index (χ0) is 23.0. The number of rotatable bonds is 8. The molecule has 0 amide bonds. The van der Waals surface area contributed by atoms with E-state index in [0.29, 0.717) is 30.9 Å². The standard InChI is InChI=1S/C26H28N4O2S.2H2O/c1-30(2)33-18-20-5-3-19(4-6-20)15-26-28-12-9-24(29-26)21-7-8-25(22(16-21)17-27)32-23-10-13-31-14-11-23;;/h3-9,12,16,23H,10-11,13-15,18H2,1-2H3;2*1H2. The van der Waals surface area contributed by atoms with E-state index in [-0.39, 0.29) is 17.1 Å². The maximum Gasteiger partial charge on any atom is 0.137 e. The molecule has 1 saturated heterocycles. The molecule has 0 atom stereocenters. The zero-order valence-corrected chi connectivity index (χ0v) is 20.8. The number of hydrogen-bond donors (Lipinski definition) is 0. The van der Waals surface area contributed by atoms with Gasteiger partial charge >= 0.3 is 0 Å². The lowest BCUT2D eigenvalue weighted by molar-refractivity contribution is 0.0254. The monoisotopic (exact) mass is 496 g/mol. The topological polar surface area (TPSA) is 134 Å². The Kier molecular flexibility index (Phi) is 11.1. The Balaban J connectivity index is 0.00000216. The number of benzene rings is 2. The van der Waals surface area contributed by atoms with E-state index in [2.05, 4.69) is 53.7 Å². The second-order valence-electron chi connectivity index (χ2n) is 8.19. The van der Waals surface area contributed by atoms with Crippen LogP contribution in [0.2, 0.25) is 0 Å². The first-order chi connectivity index (χ1) is 16.1. The first-order valence-electron chi connectivity index (χ1n) is 11.1. The predicted molar refractivity (Wildman–Crippen MR) is 138 cm³/mol. The van der Waals surface area contributed by atoms with E-state index >= 15 is 0 Å². The van der Waals surface area contributed by atoms with Gasteiger partial charge in [0.05, 0.1) is 24.5 Å². The summed E-state index contributed by atoms with van der Waals surface area (Å²) in [5.41, 5.74) is 4.66. The quantitative estimate of drug-likeness (QED) is 0.437. The van der Waals surface area contributed by atoms with Gasteiger partial charge in [0.1, 0.15) is 23.7 Å². The first-order valence-corrected chi connectivity index (χ1v) is 12.0. The lowest BCUT2D eigenvalue weighted by atomic mass is 10.1. The van der Waals surface area contributed by atoms with E-state index in [4.69, 9.17) is 14.5 Å². The number of aromatic nitrogens is 2. The third-order valence-corrected chi connectivity index (χ3v) is 6.42. The van der Waals surface area contributed by atoms with Crippen molar-refractivity contribution in [1.82, 2.24) is 14.3 Å². The van der Waals surface area contributed by atoms with Gasteiger partial charge in [0.15, 0.2) is 0 Å². The molecule has 1 fully saturated rings. The van der Waals surface area contributed by atoms with E-state index < -0.39 is 0 Å². The molecule has 0 bridgehead atoms. The number of nitriles is 1. The average Bonchev–Trinajstić information content (AvgIpc) is 2.84. The molecule has 4 N–H and O–H groups in total. The van der Waals surface area contributed by atoms with Crippen LogP contribution in [0.3, 0.4) is 0 Å². The zero-order valence-electron chi connectivity index (χ0n) is 20.0. The molecule has 186 valence electrons. The van der Waals surface area contributed by atoms with Gasteiger partial charge in [0, 0.05) is 36.8 Å². The Morgan fingerprint density at radius 3 is 2.46 bits per heavy atom. The maximum absolute atomic E-state index is 9.67. The third kappa shape index (κ3) is 8.02. The van der Waals surface area contributed by atoms with E-state index in [1.54, 1.807) is 18.1 Å². The summed E-state index contributed by atoms with van der Waals surface area (Å²) in [7, 11) is 4.10. The second-order valence-corrected chi connectivity index (χ2v) is 9.47. The minimum Gasteiger partial charge on any atom is -0.489 e. The van der Waals surface area contributed by atoms with Crippen molar-refractivity contribution >= 4 is 11.9 Å². The van der Waals surface area contributed by atoms with Gasteiger partial charge in [0.25, 0.3) is 0 Å². The van der Waals surface area contributed by atoms with Gasteiger partial charge in [-0.25, -0.2) is 9.97 Å². The van der Waals surface area contributed by atoms with E-state index in [0.717, 1.165) is 35.7 Å². The smallest absolute Gasteiger partial charge is 0.137 e. The highest BCUT2D eigenvalue weighted by Crippen LogP contribution is 2.27. The Morgan fingerprint density at radius 2 is 1.77 bits per heavy atom. The fraction of sp³-hybridized carbons (Fsp3) is 0.346. The molecule has 1 aliphatic heterocycles. The lowest BCUT2D eigenvalue weighted by Gasteiger charge is -2.23. The van der Waals surface area contributed by atoms with Gasteiger partial charge in [0.2, 0.25) is 0 Å². The molecule has 0 spiro atoms. The molecule has 1 aliphatic rings. The molecular formula is C26H32N4O4S. The van der Waals surface area contributed by atoms with Crippen LogP contribution in [-0.4, -0.2) is 58.6 Å². The van der Waals surface area contributed by atoms with Crippen molar-refractivity contribution in [2.75, 3.05) is 27.3 Å². The first kappa shape index (κ1) is 28.2. The summed E-state index contributed by atoms with van der Waals surface area (Å²) in [6.45, 7) is 1.40. The largest absolute Gasteiger partial charge is 0.489 e. The molecule has 2 aromatic carbocycles. The average molecular weight is 497 g/mol. The van der Waals surface area contributed by atoms with Crippen LogP contribution in [0.1, 0.15) is 35.4 Å². The normalized spacial score (nSPS) is 13.4. The molecule has 4 rings (SSSR count). The van der Waals surface area contributed by atoms with E-state index in [1.807, 2.05) is 24.3 Å². The van der Waals surface area contributed by atoms with Crippen molar-refractivity contribution in [3.8, 4) is 23.1 Å². The van der Waals surface area contributed by atoms with Gasteiger partial charge < -0.3 is 20.4 Å². The highest BCUT2D eigenvalue weighted by molar-refractivity contribution is 7.96. The van der Waals surface area contributed by atoms with Crippen molar-refractivity contribution in [3.63, 3.8) is 0 Å². The van der Waals surface area contributed by atoms with Crippen molar-refractivity contribution in [1.29, 1.82) is 5.26 Å². The molecule has 1 aromatic heterocycles. The van der Waals surface area contributed by atoms with Gasteiger partial charge in [-0.05, 0) is 49.5 Å². The molecule has 0 radical (unpaired) electrons. The van der Waals surface area contributed by atoms with Crippen molar-refractivity contribution < 1.29 is 20.4 Å². The van der Waals surface area contributed by atoms with Crippen LogP contribution in [0.5, 0.6) is 5.75 Å². The van der Waals surface area contributed by atoms with Crippen LogP contribution in [-0.2, 0) is 16.9 Å². The number of nitrogens with zero attached hydrogens (tertiary/aromatic N) is 4. The van der Waals surface area contributed by atoms with Crippen LogP contribution < -0.4 is 4.74 Å². The summed E-state index contributed by atoms with van der Waals surface area (Å²) < 4.78 is 13.6. The van der Waals surface area contributed by atoms with E-state index in [1.165, 1.54) is 11.1 Å².